The lowest BCUT2D eigenvalue weighted by Crippen LogP contribution is -2.14. The standard InChI is InChI=1S/C16H16ClNO3/c1-20-14-8-7-13(10-15(14)21-2)18-16(19)9-11-3-5-12(17)6-4-11/h3-8,10H,9H2,1-2H3,(H,18,19). The monoisotopic (exact) mass is 305 g/mol. The Morgan fingerprint density at radius 2 is 1.71 bits per heavy atom. The number of ether oxygens (including phenoxy) is 2. The number of carbonyl (C=O) groups is 1. The molecule has 0 aromatic heterocycles. The van der Waals surface area contributed by atoms with Gasteiger partial charge in [0.1, 0.15) is 0 Å². The molecule has 0 unspecified atom stereocenters. The van der Waals surface area contributed by atoms with Crippen molar-refractivity contribution in [2.24, 2.45) is 0 Å². The molecule has 0 saturated carbocycles. The van der Waals surface area contributed by atoms with Gasteiger partial charge in [0.05, 0.1) is 20.6 Å². The molecule has 0 spiro atoms. The third-order valence-corrected chi connectivity index (χ3v) is 3.20. The molecular formula is C16H16ClNO3. The minimum Gasteiger partial charge on any atom is -0.493 e. The van der Waals surface area contributed by atoms with Gasteiger partial charge in [0.15, 0.2) is 11.5 Å². The van der Waals surface area contributed by atoms with Gasteiger partial charge in [-0.25, -0.2) is 0 Å². The van der Waals surface area contributed by atoms with E-state index in [9.17, 15) is 4.79 Å². The summed E-state index contributed by atoms with van der Waals surface area (Å²) in [5.41, 5.74) is 1.56. The normalized spacial score (nSPS) is 10.0. The molecule has 110 valence electrons. The Kier molecular flexibility index (Phi) is 5.06. The molecule has 1 N–H and O–H groups in total. The molecule has 21 heavy (non-hydrogen) atoms. The molecule has 4 nitrogen and oxygen atoms in total. The maximum Gasteiger partial charge on any atom is 0.228 e. The average molecular weight is 306 g/mol. The van der Waals surface area contributed by atoms with Crippen LogP contribution in [0.25, 0.3) is 0 Å². The molecule has 2 aromatic rings. The molecule has 0 atom stereocenters. The van der Waals surface area contributed by atoms with Crippen LogP contribution >= 0.6 is 11.6 Å². The fourth-order valence-electron chi connectivity index (χ4n) is 1.91. The van der Waals surface area contributed by atoms with Gasteiger partial charge in [0, 0.05) is 16.8 Å². The summed E-state index contributed by atoms with van der Waals surface area (Å²) in [6.45, 7) is 0. The van der Waals surface area contributed by atoms with E-state index in [1.54, 1.807) is 44.6 Å². The highest BCUT2D eigenvalue weighted by Gasteiger charge is 2.08. The topological polar surface area (TPSA) is 47.6 Å². The van der Waals surface area contributed by atoms with Gasteiger partial charge < -0.3 is 14.8 Å². The highest BCUT2D eigenvalue weighted by Crippen LogP contribution is 2.29. The molecule has 0 aliphatic rings. The predicted octanol–water partition coefficient (Wildman–Crippen LogP) is 3.54. The molecule has 0 bridgehead atoms. The number of nitrogens with one attached hydrogen (secondary N) is 1. The Morgan fingerprint density at radius 3 is 2.33 bits per heavy atom. The van der Waals surface area contributed by atoms with Crippen molar-refractivity contribution in [2.75, 3.05) is 19.5 Å². The van der Waals surface area contributed by atoms with E-state index in [-0.39, 0.29) is 12.3 Å². The van der Waals surface area contributed by atoms with Gasteiger partial charge in [0.2, 0.25) is 5.91 Å². The molecule has 0 radical (unpaired) electrons. The summed E-state index contributed by atoms with van der Waals surface area (Å²) in [6.07, 6.45) is 0.283. The second-order valence-electron chi connectivity index (χ2n) is 4.42. The zero-order valence-electron chi connectivity index (χ0n) is 11.9. The minimum absolute atomic E-state index is 0.107. The SMILES string of the molecule is COc1ccc(NC(=O)Cc2ccc(Cl)cc2)cc1OC. The van der Waals surface area contributed by atoms with Crippen molar-refractivity contribution in [2.45, 2.75) is 6.42 Å². The van der Waals surface area contributed by atoms with E-state index in [1.807, 2.05) is 12.1 Å². The van der Waals surface area contributed by atoms with Crippen LogP contribution in [-0.4, -0.2) is 20.1 Å². The van der Waals surface area contributed by atoms with Gasteiger partial charge >= 0.3 is 0 Å². The maximum atomic E-state index is 12.0. The zero-order chi connectivity index (χ0) is 15.2. The smallest absolute Gasteiger partial charge is 0.228 e. The fourth-order valence-corrected chi connectivity index (χ4v) is 2.03. The maximum absolute atomic E-state index is 12.0. The molecule has 0 aliphatic carbocycles. The Morgan fingerprint density at radius 1 is 1.05 bits per heavy atom. The van der Waals surface area contributed by atoms with Crippen LogP contribution in [0.3, 0.4) is 0 Å². The number of benzene rings is 2. The molecule has 0 saturated heterocycles. The van der Waals surface area contributed by atoms with Crippen LogP contribution in [0.4, 0.5) is 5.69 Å². The van der Waals surface area contributed by atoms with Crippen LogP contribution in [-0.2, 0) is 11.2 Å². The lowest BCUT2D eigenvalue weighted by Gasteiger charge is -2.10. The van der Waals surface area contributed by atoms with Crippen LogP contribution in [0.2, 0.25) is 5.02 Å². The van der Waals surface area contributed by atoms with Gasteiger partial charge in [-0.1, -0.05) is 23.7 Å². The van der Waals surface area contributed by atoms with E-state index in [4.69, 9.17) is 21.1 Å². The summed E-state index contributed by atoms with van der Waals surface area (Å²) in [4.78, 5) is 12.0. The first-order chi connectivity index (χ1) is 10.1. The molecule has 1 amide bonds. The summed E-state index contributed by atoms with van der Waals surface area (Å²) in [5, 5.41) is 3.48. The van der Waals surface area contributed by atoms with Gasteiger partial charge in [-0.3, -0.25) is 4.79 Å². The fraction of sp³-hybridized carbons (Fsp3) is 0.188. The number of amides is 1. The highest BCUT2D eigenvalue weighted by atomic mass is 35.5. The third kappa shape index (κ3) is 4.13. The molecule has 5 heteroatoms. The number of hydrogen-bond acceptors (Lipinski definition) is 3. The van der Waals surface area contributed by atoms with E-state index in [1.165, 1.54) is 0 Å². The van der Waals surface area contributed by atoms with Crippen LogP contribution in [0.15, 0.2) is 42.5 Å². The van der Waals surface area contributed by atoms with E-state index in [2.05, 4.69) is 5.32 Å². The molecule has 0 aliphatic heterocycles. The summed E-state index contributed by atoms with van der Waals surface area (Å²) in [6, 6.07) is 12.4. The van der Waals surface area contributed by atoms with Gasteiger partial charge in [-0.15, -0.1) is 0 Å². The number of methoxy groups -OCH3 is 2. The van der Waals surface area contributed by atoms with Crippen LogP contribution < -0.4 is 14.8 Å². The lowest BCUT2D eigenvalue weighted by molar-refractivity contribution is -0.115. The van der Waals surface area contributed by atoms with Crippen molar-refractivity contribution in [1.29, 1.82) is 0 Å². The first-order valence-electron chi connectivity index (χ1n) is 6.38. The Hall–Kier alpha value is -2.20. The Labute approximate surface area is 128 Å². The molecule has 2 aromatic carbocycles. The average Bonchev–Trinajstić information content (AvgIpc) is 2.49. The number of carbonyl (C=O) groups excluding carboxylic acids is 1. The van der Waals surface area contributed by atoms with Gasteiger partial charge in [0.25, 0.3) is 0 Å². The van der Waals surface area contributed by atoms with Crippen molar-refractivity contribution < 1.29 is 14.3 Å². The van der Waals surface area contributed by atoms with Gasteiger partial charge in [-0.2, -0.15) is 0 Å². The van der Waals surface area contributed by atoms with E-state index in [0.29, 0.717) is 22.2 Å². The first-order valence-corrected chi connectivity index (χ1v) is 6.76. The highest BCUT2D eigenvalue weighted by molar-refractivity contribution is 6.30. The summed E-state index contributed by atoms with van der Waals surface area (Å²) in [5.74, 6) is 1.08. The largest absolute Gasteiger partial charge is 0.493 e. The Bertz CT molecular complexity index is 626. The summed E-state index contributed by atoms with van der Waals surface area (Å²) in [7, 11) is 3.12. The molecule has 0 heterocycles. The van der Waals surface area contributed by atoms with Crippen molar-refractivity contribution in [3.8, 4) is 11.5 Å². The van der Waals surface area contributed by atoms with E-state index in [0.717, 1.165) is 5.56 Å². The van der Waals surface area contributed by atoms with Crippen LogP contribution in [0, 0.1) is 0 Å². The quantitative estimate of drug-likeness (QED) is 0.919. The predicted molar refractivity (Wildman–Crippen MR) is 83.3 cm³/mol. The Balaban J connectivity index is 2.04. The van der Waals surface area contributed by atoms with Gasteiger partial charge in [-0.05, 0) is 29.8 Å². The summed E-state index contributed by atoms with van der Waals surface area (Å²) >= 11 is 5.81. The third-order valence-electron chi connectivity index (χ3n) is 2.95. The second kappa shape index (κ2) is 6.99. The van der Waals surface area contributed by atoms with Crippen LogP contribution in [0.1, 0.15) is 5.56 Å². The summed E-state index contributed by atoms with van der Waals surface area (Å²) < 4.78 is 10.4. The van der Waals surface area contributed by atoms with Crippen molar-refractivity contribution in [3.05, 3.63) is 53.1 Å². The number of anilines is 1. The zero-order valence-corrected chi connectivity index (χ0v) is 12.6. The van der Waals surface area contributed by atoms with E-state index < -0.39 is 0 Å². The first kappa shape index (κ1) is 15.2. The van der Waals surface area contributed by atoms with Crippen LogP contribution in [0.5, 0.6) is 11.5 Å². The molecule has 2 rings (SSSR count). The second-order valence-corrected chi connectivity index (χ2v) is 4.86. The minimum atomic E-state index is -0.107. The van der Waals surface area contributed by atoms with Crippen molar-refractivity contribution in [1.82, 2.24) is 0 Å². The lowest BCUT2D eigenvalue weighted by atomic mass is 10.1. The number of hydrogen-bond donors (Lipinski definition) is 1. The number of rotatable bonds is 5. The molecule has 0 fully saturated rings. The van der Waals surface area contributed by atoms with Crippen molar-refractivity contribution >= 4 is 23.2 Å². The number of halogens is 1. The van der Waals surface area contributed by atoms with Crippen molar-refractivity contribution in [3.63, 3.8) is 0 Å². The van der Waals surface area contributed by atoms with E-state index >= 15 is 0 Å². The molecular weight excluding hydrogens is 290 g/mol.